The van der Waals surface area contributed by atoms with Crippen LogP contribution in [-0.4, -0.2) is 52.2 Å². The minimum absolute atomic E-state index is 0.0834. The zero-order valence-corrected chi connectivity index (χ0v) is 22.5. The Labute approximate surface area is 218 Å². The summed E-state index contributed by atoms with van der Waals surface area (Å²) in [6.45, 7) is 9.13. The molecule has 3 N–H and O–H groups in total. The minimum Gasteiger partial charge on any atom is -0.443 e. The van der Waals surface area contributed by atoms with E-state index in [-0.39, 0.29) is 28.0 Å². The second-order valence-corrected chi connectivity index (χ2v) is 10.7. The van der Waals surface area contributed by atoms with Gasteiger partial charge in [0.05, 0.1) is 23.1 Å². The summed E-state index contributed by atoms with van der Waals surface area (Å²) in [7, 11) is 3.25. The van der Waals surface area contributed by atoms with Gasteiger partial charge in [0.25, 0.3) is 0 Å². The highest BCUT2D eigenvalue weighted by atomic mass is 32.1. The fourth-order valence-electron chi connectivity index (χ4n) is 3.69. The molecule has 37 heavy (non-hydrogen) atoms. The van der Waals surface area contributed by atoms with E-state index >= 15 is 0 Å². The van der Waals surface area contributed by atoms with Gasteiger partial charge in [-0.05, 0) is 71.0 Å². The fraction of sp³-hybridized carbons (Fsp3) is 0.458. The Kier molecular flexibility index (Phi) is 7.42. The van der Waals surface area contributed by atoms with E-state index in [0.29, 0.717) is 11.9 Å². The largest absolute Gasteiger partial charge is 0.443 e. The topological polar surface area (TPSA) is 106 Å². The Morgan fingerprint density at radius 1 is 1.22 bits per heavy atom. The lowest BCUT2D eigenvalue weighted by Crippen LogP contribution is -2.37. The number of alkyl halides is 3. The van der Waals surface area contributed by atoms with Crippen LogP contribution in [0, 0.1) is 5.41 Å². The summed E-state index contributed by atoms with van der Waals surface area (Å²) in [5.41, 5.74) is 0.151. The molecule has 0 radical (unpaired) electrons. The summed E-state index contributed by atoms with van der Waals surface area (Å²) in [6, 6.07) is 2.57. The van der Waals surface area contributed by atoms with Crippen LogP contribution in [0.2, 0.25) is 0 Å². The SMILES string of the molecule is CN(C(=O)OC(C)(C)C)c1cc(C(F)(F)F)cnc1NC(=S)NC(=N)c1cc2c(cn1)N(C)C(C)(C)C2. The zero-order valence-electron chi connectivity index (χ0n) is 21.7. The third-order valence-corrected chi connectivity index (χ3v) is 6.01. The van der Waals surface area contributed by atoms with Crippen LogP contribution in [0.5, 0.6) is 0 Å². The van der Waals surface area contributed by atoms with Gasteiger partial charge in [0.15, 0.2) is 16.8 Å². The molecule has 0 saturated heterocycles. The monoisotopic (exact) mass is 537 g/mol. The second-order valence-electron chi connectivity index (χ2n) is 10.3. The Bertz CT molecular complexity index is 1240. The first-order chi connectivity index (χ1) is 16.9. The Hall–Kier alpha value is -3.48. The van der Waals surface area contributed by atoms with Gasteiger partial charge in [0, 0.05) is 25.8 Å². The van der Waals surface area contributed by atoms with Gasteiger partial charge in [0.2, 0.25) is 0 Å². The Morgan fingerprint density at radius 3 is 2.46 bits per heavy atom. The molecule has 0 fully saturated rings. The summed E-state index contributed by atoms with van der Waals surface area (Å²) in [5, 5.41) is 13.6. The van der Waals surface area contributed by atoms with Crippen LogP contribution in [0.3, 0.4) is 0 Å². The summed E-state index contributed by atoms with van der Waals surface area (Å²) in [6.07, 6.45) is -2.46. The van der Waals surface area contributed by atoms with Crippen molar-refractivity contribution < 1.29 is 22.7 Å². The smallest absolute Gasteiger partial charge is 0.417 e. The molecular weight excluding hydrogens is 507 g/mol. The first-order valence-corrected chi connectivity index (χ1v) is 11.7. The molecule has 2 aromatic heterocycles. The van der Waals surface area contributed by atoms with Crippen LogP contribution < -0.4 is 20.4 Å². The number of likely N-dealkylation sites (N-methyl/N-ethyl adjacent to an activating group) is 1. The van der Waals surface area contributed by atoms with Crippen molar-refractivity contribution in [3.8, 4) is 0 Å². The number of halogens is 3. The number of nitrogens with one attached hydrogen (secondary N) is 3. The van der Waals surface area contributed by atoms with E-state index in [0.717, 1.165) is 28.6 Å². The van der Waals surface area contributed by atoms with Gasteiger partial charge in [-0.2, -0.15) is 13.2 Å². The first-order valence-electron chi connectivity index (χ1n) is 11.3. The van der Waals surface area contributed by atoms with Crippen molar-refractivity contribution in [2.45, 2.75) is 58.4 Å². The number of carbonyl (C=O) groups excluding carboxylic acids is 1. The summed E-state index contributed by atoms with van der Waals surface area (Å²) >= 11 is 5.28. The molecule has 3 rings (SSSR count). The molecule has 0 aromatic carbocycles. The number of carbonyl (C=O) groups is 1. The second kappa shape index (κ2) is 9.77. The molecular formula is C24H30F3N7O2S. The molecule has 0 aliphatic carbocycles. The number of pyridine rings is 2. The highest BCUT2D eigenvalue weighted by Crippen LogP contribution is 2.37. The van der Waals surface area contributed by atoms with Gasteiger partial charge >= 0.3 is 12.3 Å². The third-order valence-electron chi connectivity index (χ3n) is 5.81. The number of amides is 1. The average Bonchev–Trinajstić information content (AvgIpc) is 2.99. The minimum atomic E-state index is -4.68. The number of amidine groups is 1. The highest BCUT2D eigenvalue weighted by molar-refractivity contribution is 7.80. The van der Waals surface area contributed by atoms with Crippen LogP contribution in [0.1, 0.15) is 51.4 Å². The van der Waals surface area contributed by atoms with E-state index in [1.165, 1.54) is 7.05 Å². The number of thiocarbonyl (C=S) groups is 1. The number of aromatic nitrogens is 2. The van der Waals surface area contributed by atoms with Gasteiger partial charge in [-0.25, -0.2) is 9.78 Å². The number of hydrogen-bond acceptors (Lipinski definition) is 7. The quantitative estimate of drug-likeness (QED) is 0.287. The standard InChI is InChI=1S/C24H30F3N7O2S/c1-22(2,3)36-21(35)33(6)16-9-14(24(25,26)27)11-30-19(16)32-20(37)31-18(28)15-8-13-10-23(4,5)34(7)17(13)12-29-15/h8-9,11-12H,10H2,1-7H3,(H3,28,30,31,32,37). The van der Waals surface area contributed by atoms with Crippen molar-refractivity contribution in [1.82, 2.24) is 15.3 Å². The van der Waals surface area contributed by atoms with Crippen molar-refractivity contribution in [2.75, 3.05) is 29.2 Å². The van der Waals surface area contributed by atoms with E-state index in [1.807, 2.05) is 7.05 Å². The molecule has 1 aliphatic heterocycles. The van der Waals surface area contributed by atoms with Gasteiger partial charge < -0.3 is 20.3 Å². The summed E-state index contributed by atoms with van der Waals surface area (Å²) < 4.78 is 45.3. The number of rotatable bonds is 3. The van der Waals surface area contributed by atoms with E-state index in [1.54, 1.807) is 33.0 Å². The summed E-state index contributed by atoms with van der Waals surface area (Å²) in [5.74, 6) is -0.237. The zero-order chi connectivity index (χ0) is 27.9. The van der Waals surface area contributed by atoms with Crippen molar-refractivity contribution in [3.63, 3.8) is 0 Å². The Balaban J connectivity index is 1.81. The van der Waals surface area contributed by atoms with Crippen molar-refractivity contribution in [1.29, 1.82) is 5.41 Å². The van der Waals surface area contributed by atoms with E-state index in [2.05, 4.69) is 39.3 Å². The van der Waals surface area contributed by atoms with Crippen LogP contribution in [0.4, 0.5) is 35.2 Å². The molecule has 0 unspecified atom stereocenters. The summed E-state index contributed by atoms with van der Waals surface area (Å²) in [4.78, 5) is 23.8. The van der Waals surface area contributed by atoms with Crippen LogP contribution in [0.25, 0.3) is 0 Å². The molecule has 3 heterocycles. The third kappa shape index (κ3) is 6.45. The number of anilines is 3. The van der Waals surface area contributed by atoms with Crippen LogP contribution in [-0.2, 0) is 17.3 Å². The highest BCUT2D eigenvalue weighted by Gasteiger charge is 2.35. The molecule has 1 aliphatic rings. The molecule has 0 saturated carbocycles. The van der Waals surface area contributed by atoms with Gasteiger partial charge in [-0.1, -0.05) is 0 Å². The predicted molar refractivity (Wildman–Crippen MR) is 140 cm³/mol. The predicted octanol–water partition coefficient (Wildman–Crippen LogP) is 4.95. The number of hydrogen-bond donors (Lipinski definition) is 3. The van der Waals surface area contributed by atoms with E-state index < -0.39 is 23.4 Å². The normalized spacial score (nSPS) is 14.6. The van der Waals surface area contributed by atoms with E-state index in [9.17, 15) is 18.0 Å². The average molecular weight is 538 g/mol. The van der Waals surface area contributed by atoms with Crippen molar-refractivity contribution in [3.05, 3.63) is 41.3 Å². The lowest BCUT2D eigenvalue weighted by atomic mass is 9.99. The molecule has 1 amide bonds. The molecule has 200 valence electrons. The lowest BCUT2D eigenvalue weighted by molar-refractivity contribution is -0.137. The van der Waals surface area contributed by atoms with Crippen LogP contribution >= 0.6 is 12.2 Å². The first kappa shape index (κ1) is 28.1. The maximum atomic E-state index is 13.4. The molecule has 0 spiro atoms. The number of nitrogens with zero attached hydrogens (tertiary/aromatic N) is 4. The molecule has 9 nitrogen and oxygen atoms in total. The van der Waals surface area contributed by atoms with Crippen molar-refractivity contribution in [2.24, 2.45) is 0 Å². The van der Waals surface area contributed by atoms with E-state index in [4.69, 9.17) is 22.4 Å². The maximum absolute atomic E-state index is 13.4. The van der Waals surface area contributed by atoms with Crippen molar-refractivity contribution >= 4 is 46.5 Å². The lowest BCUT2D eigenvalue weighted by Gasteiger charge is -2.29. The maximum Gasteiger partial charge on any atom is 0.417 e. The van der Waals surface area contributed by atoms with Gasteiger partial charge in [0.1, 0.15) is 11.3 Å². The molecule has 0 atom stereocenters. The van der Waals surface area contributed by atoms with Crippen LogP contribution in [0.15, 0.2) is 24.5 Å². The van der Waals surface area contributed by atoms with Gasteiger partial charge in [-0.15, -0.1) is 0 Å². The fourth-order valence-corrected chi connectivity index (χ4v) is 3.88. The van der Waals surface area contributed by atoms with Gasteiger partial charge in [-0.3, -0.25) is 15.3 Å². The molecule has 0 bridgehead atoms. The molecule has 2 aromatic rings. The Morgan fingerprint density at radius 2 is 1.86 bits per heavy atom. The molecule has 13 heteroatoms. The number of ether oxygens (including phenoxy) is 1. The number of fused-ring (bicyclic) bond motifs is 1.